The Morgan fingerprint density at radius 2 is 1.96 bits per heavy atom. The molecule has 0 radical (unpaired) electrons. The molecular formula is C21H23NO3. The van der Waals surface area contributed by atoms with Crippen LogP contribution < -0.4 is 5.32 Å². The summed E-state index contributed by atoms with van der Waals surface area (Å²) in [6.07, 6.45) is 3.00. The molecule has 0 saturated heterocycles. The van der Waals surface area contributed by atoms with E-state index >= 15 is 0 Å². The van der Waals surface area contributed by atoms with Crippen LogP contribution in [-0.4, -0.2) is 18.5 Å². The van der Waals surface area contributed by atoms with E-state index in [-0.39, 0.29) is 18.6 Å². The molecule has 0 spiro atoms. The predicted octanol–water partition coefficient (Wildman–Crippen LogP) is 3.65. The average molecular weight is 337 g/mol. The number of esters is 1. The molecule has 4 heteroatoms. The first-order valence-corrected chi connectivity index (χ1v) is 8.66. The zero-order valence-corrected chi connectivity index (χ0v) is 14.7. The minimum absolute atomic E-state index is 0.00291. The SMILES string of the molecule is Cc1ccc(C)c(C(=O)OCC(=O)N[C@@H]2CCCc3ccccc32)c1. The molecule has 1 aliphatic carbocycles. The summed E-state index contributed by atoms with van der Waals surface area (Å²) in [6, 6.07) is 13.8. The van der Waals surface area contributed by atoms with Gasteiger partial charge in [0, 0.05) is 0 Å². The standard InChI is InChI=1S/C21H23NO3/c1-14-10-11-15(2)18(12-14)21(24)25-13-20(23)22-19-9-5-7-16-6-3-4-8-17(16)19/h3-4,6,8,10-12,19H,5,7,9,13H2,1-2H3,(H,22,23)/t19-/m1/s1. The van der Waals surface area contributed by atoms with Crippen LogP contribution in [0.4, 0.5) is 0 Å². The summed E-state index contributed by atoms with van der Waals surface area (Å²) in [5.41, 5.74) is 4.79. The summed E-state index contributed by atoms with van der Waals surface area (Å²) in [7, 11) is 0. The van der Waals surface area contributed by atoms with Gasteiger partial charge in [0.05, 0.1) is 11.6 Å². The molecule has 0 unspecified atom stereocenters. The molecule has 2 aromatic carbocycles. The average Bonchev–Trinajstić information content (AvgIpc) is 2.62. The van der Waals surface area contributed by atoms with E-state index in [2.05, 4.69) is 17.4 Å². The summed E-state index contributed by atoms with van der Waals surface area (Å²) in [5.74, 6) is -0.722. The second-order valence-electron chi connectivity index (χ2n) is 6.61. The number of rotatable bonds is 4. The molecule has 0 aliphatic heterocycles. The Morgan fingerprint density at radius 3 is 2.80 bits per heavy atom. The van der Waals surface area contributed by atoms with E-state index in [4.69, 9.17) is 4.74 Å². The van der Waals surface area contributed by atoms with E-state index < -0.39 is 5.97 Å². The molecule has 130 valence electrons. The number of hydrogen-bond donors (Lipinski definition) is 1. The fourth-order valence-electron chi connectivity index (χ4n) is 3.30. The highest BCUT2D eigenvalue weighted by Gasteiger charge is 2.22. The molecular weight excluding hydrogens is 314 g/mol. The molecule has 2 aromatic rings. The van der Waals surface area contributed by atoms with Crippen molar-refractivity contribution in [2.45, 2.75) is 39.2 Å². The lowest BCUT2D eigenvalue weighted by Gasteiger charge is -2.26. The molecule has 1 amide bonds. The second-order valence-corrected chi connectivity index (χ2v) is 6.61. The Labute approximate surface area is 148 Å². The van der Waals surface area contributed by atoms with Gasteiger partial charge >= 0.3 is 5.97 Å². The first-order valence-electron chi connectivity index (χ1n) is 8.66. The minimum Gasteiger partial charge on any atom is -0.452 e. The highest BCUT2D eigenvalue weighted by molar-refractivity contribution is 5.92. The maximum absolute atomic E-state index is 12.2. The zero-order chi connectivity index (χ0) is 17.8. The Bertz CT molecular complexity index is 797. The number of ether oxygens (including phenoxy) is 1. The molecule has 1 aliphatic rings. The van der Waals surface area contributed by atoms with Gasteiger partial charge < -0.3 is 10.1 Å². The largest absolute Gasteiger partial charge is 0.452 e. The van der Waals surface area contributed by atoms with E-state index in [1.54, 1.807) is 6.07 Å². The van der Waals surface area contributed by atoms with Crippen molar-refractivity contribution >= 4 is 11.9 Å². The molecule has 0 saturated carbocycles. The van der Waals surface area contributed by atoms with Crippen LogP contribution in [0, 0.1) is 13.8 Å². The fourth-order valence-corrected chi connectivity index (χ4v) is 3.30. The molecule has 4 nitrogen and oxygen atoms in total. The summed E-state index contributed by atoms with van der Waals surface area (Å²) < 4.78 is 5.20. The number of aryl methyl sites for hydroxylation is 3. The molecule has 1 N–H and O–H groups in total. The molecule has 1 atom stereocenters. The van der Waals surface area contributed by atoms with Crippen LogP contribution in [0.3, 0.4) is 0 Å². The van der Waals surface area contributed by atoms with E-state index in [1.165, 1.54) is 11.1 Å². The number of carbonyl (C=O) groups excluding carboxylic acids is 2. The van der Waals surface area contributed by atoms with Crippen LogP contribution >= 0.6 is 0 Å². The number of amides is 1. The van der Waals surface area contributed by atoms with Gasteiger partial charge in [0.2, 0.25) is 0 Å². The summed E-state index contributed by atoms with van der Waals surface area (Å²) in [5, 5.41) is 2.99. The van der Waals surface area contributed by atoms with Crippen LogP contribution in [0.15, 0.2) is 42.5 Å². The van der Waals surface area contributed by atoms with Crippen LogP contribution in [0.5, 0.6) is 0 Å². The van der Waals surface area contributed by atoms with E-state index in [9.17, 15) is 9.59 Å². The molecule has 0 bridgehead atoms. The van der Waals surface area contributed by atoms with E-state index in [0.29, 0.717) is 5.56 Å². The van der Waals surface area contributed by atoms with Crippen LogP contribution in [-0.2, 0) is 16.0 Å². The Kier molecular flexibility index (Phi) is 5.17. The van der Waals surface area contributed by atoms with Crippen LogP contribution in [0.25, 0.3) is 0 Å². The third-order valence-corrected chi connectivity index (χ3v) is 4.65. The van der Waals surface area contributed by atoms with Crippen molar-refractivity contribution in [2.75, 3.05) is 6.61 Å². The molecule has 25 heavy (non-hydrogen) atoms. The number of fused-ring (bicyclic) bond motifs is 1. The van der Waals surface area contributed by atoms with Crippen molar-refractivity contribution in [1.29, 1.82) is 0 Å². The van der Waals surface area contributed by atoms with Gasteiger partial charge in [-0.1, -0.05) is 42.0 Å². The molecule has 0 fully saturated rings. The normalized spacial score (nSPS) is 16.0. The fraction of sp³-hybridized carbons (Fsp3) is 0.333. The van der Waals surface area contributed by atoms with Crippen molar-refractivity contribution in [3.63, 3.8) is 0 Å². The molecule has 0 aromatic heterocycles. The summed E-state index contributed by atoms with van der Waals surface area (Å²) in [6.45, 7) is 3.52. The van der Waals surface area contributed by atoms with Gasteiger partial charge in [-0.2, -0.15) is 0 Å². The number of benzene rings is 2. The monoisotopic (exact) mass is 337 g/mol. The van der Waals surface area contributed by atoms with Crippen LogP contribution in [0.2, 0.25) is 0 Å². The third kappa shape index (κ3) is 4.08. The third-order valence-electron chi connectivity index (χ3n) is 4.65. The summed E-state index contributed by atoms with van der Waals surface area (Å²) in [4.78, 5) is 24.4. The molecule has 3 rings (SSSR count). The van der Waals surface area contributed by atoms with E-state index in [0.717, 1.165) is 30.4 Å². The first kappa shape index (κ1) is 17.2. The lowest BCUT2D eigenvalue weighted by atomic mass is 9.88. The quantitative estimate of drug-likeness (QED) is 0.867. The Balaban J connectivity index is 1.59. The van der Waals surface area contributed by atoms with Crippen molar-refractivity contribution in [3.8, 4) is 0 Å². The number of carbonyl (C=O) groups is 2. The number of nitrogens with one attached hydrogen (secondary N) is 1. The van der Waals surface area contributed by atoms with Gasteiger partial charge in [-0.05, 0) is 55.9 Å². The second kappa shape index (κ2) is 7.51. The van der Waals surface area contributed by atoms with E-state index in [1.807, 2.05) is 38.1 Å². The van der Waals surface area contributed by atoms with Gasteiger partial charge in [0.1, 0.15) is 0 Å². The van der Waals surface area contributed by atoms with Gasteiger partial charge in [0.25, 0.3) is 5.91 Å². The number of hydrogen-bond acceptors (Lipinski definition) is 3. The van der Waals surface area contributed by atoms with Crippen molar-refractivity contribution < 1.29 is 14.3 Å². The van der Waals surface area contributed by atoms with Crippen LogP contribution in [0.1, 0.15) is 51.5 Å². The van der Waals surface area contributed by atoms with Crippen molar-refractivity contribution in [3.05, 3.63) is 70.3 Å². The van der Waals surface area contributed by atoms with Crippen molar-refractivity contribution in [2.24, 2.45) is 0 Å². The maximum atomic E-state index is 12.2. The Morgan fingerprint density at radius 1 is 1.16 bits per heavy atom. The highest BCUT2D eigenvalue weighted by Crippen LogP contribution is 2.29. The maximum Gasteiger partial charge on any atom is 0.338 e. The summed E-state index contributed by atoms with van der Waals surface area (Å²) >= 11 is 0. The lowest BCUT2D eigenvalue weighted by Crippen LogP contribution is -2.34. The van der Waals surface area contributed by atoms with Crippen molar-refractivity contribution in [1.82, 2.24) is 5.32 Å². The molecule has 0 heterocycles. The first-order chi connectivity index (χ1) is 12.0. The van der Waals surface area contributed by atoms with Gasteiger partial charge in [-0.25, -0.2) is 4.79 Å². The smallest absolute Gasteiger partial charge is 0.338 e. The van der Waals surface area contributed by atoms with Gasteiger partial charge in [-0.15, -0.1) is 0 Å². The Hall–Kier alpha value is -2.62. The highest BCUT2D eigenvalue weighted by atomic mass is 16.5. The minimum atomic E-state index is -0.458. The van der Waals surface area contributed by atoms with Gasteiger partial charge in [-0.3, -0.25) is 4.79 Å². The predicted molar refractivity (Wildman–Crippen MR) is 96.5 cm³/mol. The van der Waals surface area contributed by atoms with Gasteiger partial charge in [0.15, 0.2) is 6.61 Å². The topological polar surface area (TPSA) is 55.4 Å². The zero-order valence-electron chi connectivity index (χ0n) is 14.7. The lowest BCUT2D eigenvalue weighted by molar-refractivity contribution is -0.125.